The van der Waals surface area contributed by atoms with E-state index in [0.717, 1.165) is 17.8 Å². The van der Waals surface area contributed by atoms with E-state index in [1.54, 1.807) is 12.2 Å². The fraction of sp³-hybridized carbons (Fsp3) is 0.650. The molecule has 0 N–H and O–H groups in total. The summed E-state index contributed by atoms with van der Waals surface area (Å²) in [6.07, 6.45) is 8.11. The first-order valence-corrected chi connectivity index (χ1v) is 9.04. The van der Waals surface area contributed by atoms with Crippen molar-refractivity contribution in [2.24, 2.45) is 23.2 Å². The molecule has 23 heavy (non-hydrogen) atoms. The van der Waals surface area contributed by atoms with E-state index in [0.29, 0.717) is 5.56 Å². The largest absolute Gasteiger partial charge is 0.277 e. The van der Waals surface area contributed by atoms with Crippen molar-refractivity contribution in [1.82, 2.24) is 5.06 Å². The maximum Gasteiger partial charge on any atom is 0.277 e. The van der Waals surface area contributed by atoms with Crippen molar-refractivity contribution in [2.75, 3.05) is 7.11 Å². The van der Waals surface area contributed by atoms with Gasteiger partial charge in [0, 0.05) is 5.56 Å². The predicted molar refractivity (Wildman–Crippen MR) is 89.7 cm³/mol. The Balaban J connectivity index is 1.59. The van der Waals surface area contributed by atoms with Crippen molar-refractivity contribution in [3.05, 3.63) is 35.9 Å². The first-order chi connectivity index (χ1) is 11.1. The van der Waals surface area contributed by atoms with Crippen LogP contribution < -0.4 is 0 Å². The normalized spacial score (nSPS) is 36.0. The molecule has 5 rings (SSSR count). The number of benzene rings is 1. The van der Waals surface area contributed by atoms with Gasteiger partial charge in [-0.2, -0.15) is 0 Å². The highest BCUT2D eigenvalue weighted by Crippen LogP contribution is 2.62. The van der Waals surface area contributed by atoms with E-state index < -0.39 is 0 Å². The molecule has 0 radical (unpaired) electrons. The van der Waals surface area contributed by atoms with Crippen LogP contribution >= 0.6 is 0 Å². The van der Waals surface area contributed by atoms with Gasteiger partial charge in [0.15, 0.2) is 0 Å². The molecule has 4 saturated carbocycles. The smallest absolute Gasteiger partial charge is 0.274 e. The number of carbonyl (C=O) groups is 1. The minimum absolute atomic E-state index is 0.00338. The van der Waals surface area contributed by atoms with Crippen LogP contribution in [0.1, 0.15) is 55.8 Å². The quantitative estimate of drug-likeness (QED) is 0.776. The van der Waals surface area contributed by atoms with Crippen molar-refractivity contribution < 1.29 is 9.63 Å². The zero-order chi connectivity index (χ0) is 16.0. The van der Waals surface area contributed by atoms with Crippen LogP contribution in [0.2, 0.25) is 0 Å². The van der Waals surface area contributed by atoms with Gasteiger partial charge >= 0.3 is 0 Å². The molecule has 0 saturated heterocycles. The number of hydrogen-bond acceptors (Lipinski definition) is 2. The van der Waals surface area contributed by atoms with E-state index in [9.17, 15) is 4.79 Å². The Labute approximate surface area is 139 Å². The van der Waals surface area contributed by atoms with Gasteiger partial charge in [0.25, 0.3) is 5.91 Å². The van der Waals surface area contributed by atoms with Gasteiger partial charge in [-0.15, -0.1) is 0 Å². The van der Waals surface area contributed by atoms with Crippen LogP contribution in [-0.2, 0) is 4.84 Å². The topological polar surface area (TPSA) is 29.5 Å². The molecule has 1 amide bonds. The second-order valence-corrected chi connectivity index (χ2v) is 8.14. The summed E-state index contributed by atoms with van der Waals surface area (Å²) < 4.78 is 0. The second kappa shape index (κ2) is 5.62. The average Bonchev–Trinajstić information content (AvgIpc) is 2.55. The van der Waals surface area contributed by atoms with Crippen LogP contribution in [0, 0.1) is 23.2 Å². The zero-order valence-corrected chi connectivity index (χ0v) is 14.2. The minimum Gasteiger partial charge on any atom is -0.274 e. The summed E-state index contributed by atoms with van der Waals surface area (Å²) in [7, 11) is 1.64. The van der Waals surface area contributed by atoms with E-state index in [2.05, 4.69) is 6.92 Å². The van der Waals surface area contributed by atoms with Crippen molar-refractivity contribution in [1.29, 1.82) is 0 Å². The molecule has 124 valence electrons. The summed E-state index contributed by atoms with van der Waals surface area (Å²) in [6, 6.07) is 9.67. The number of hydrogen-bond donors (Lipinski definition) is 0. The Morgan fingerprint density at radius 1 is 1.09 bits per heavy atom. The Hall–Kier alpha value is -1.35. The number of rotatable bonds is 4. The molecule has 4 aliphatic rings. The summed E-state index contributed by atoms with van der Waals surface area (Å²) in [5.41, 5.74) is 0.987. The lowest BCUT2D eigenvalue weighted by atomic mass is 9.48. The first-order valence-electron chi connectivity index (χ1n) is 9.04. The van der Waals surface area contributed by atoms with E-state index in [1.165, 1.54) is 38.5 Å². The molecule has 4 fully saturated rings. The molecule has 1 aromatic rings. The predicted octanol–water partition coefficient (Wildman–Crippen LogP) is 4.30. The van der Waals surface area contributed by atoms with Crippen molar-refractivity contribution >= 4 is 5.91 Å². The molecule has 0 heterocycles. The molecule has 1 atom stereocenters. The number of amides is 1. The van der Waals surface area contributed by atoms with Gasteiger partial charge in [0.1, 0.15) is 0 Å². The molecular weight excluding hydrogens is 286 g/mol. The summed E-state index contributed by atoms with van der Waals surface area (Å²) in [5, 5.41) is 1.66. The van der Waals surface area contributed by atoms with Gasteiger partial charge in [-0.1, -0.05) is 18.2 Å². The third-order valence-corrected chi connectivity index (χ3v) is 6.74. The number of nitrogens with zero attached hydrogens (tertiary/aromatic N) is 1. The van der Waals surface area contributed by atoms with Crippen molar-refractivity contribution in [3.63, 3.8) is 0 Å². The summed E-state index contributed by atoms with van der Waals surface area (Å²) in [5.74, 6) is 2.65. The Morgan fingerprint density at radius 3 is 2.09 bits per heavy atom. The Morgan fingerprint density at radius 2 is 1.61 bits per heavy atom. The first kappa shape index (κ1) is 15.2. The number of carbonyl (C=O) groups excluding carboxylic acids is 1. The van der Waals surface area contributed by atoms with Gasteiger partial charge in [0.05, 0.1) is 13.2 Å². The number of hydroxylamine groups is 2. The van der Waals surface area contributed by atoms with Crippen molar-refractivity contribution in [3.8, 4) is 0 Å². The van der Waals surface area contributed by atoms with E-state index in [-0.39, 0.29) is 17.4 Å². The lowest BCUT2D eigenvalue weighted by molar-refractivity contribution is -0.182. The SMILES string of the molecule is CON(C(=O)c1ccccc1)[C@@H](C)C12CC3CC(CC(C3)C1)C2. The summed E-state index contributed by atoms with van der Waals surface area (Å²) in [4.78, 5) is 18.5. The summed E-state index contributed by atoms with van der Waals surface area (Å²) >= 11 is 0. The summed E-state index contributed by atoms with van der Waals surface area (Å²) in [6.45, 7) is 2.21. The third kappa shape index (κ3) is 2.50. The van der Waals surface area contributed by atoms with Gasteiger partial charge < -0.3 is 0 Å². The fourth-order valence-electron chi connectivity index (χ4n) is 6.06. The molecule has 3 nitrogen and oxygen atoms in total. The lowest BCUT2D eigenvalue weighted by Crippen LogP contribution is -2.56. The maximum absolute atomic E-state index is 12.9. The second-order valence-electron chi connectivity index (χ2n) is 8.14. The molecule has 1 aromatic carbocycles. The Kier molecular flexibility index (Phi) is 3.72. The molecule has 0 aromatic heterocycles. The van der Waals surface area contributed by atoms with E-state index in [1.807, 2.05) is 30.3 Å². The standard InChI is InChI=1S/C20H27NO2/c1-14(21(23-2)19(22)18-6-4-3-5-7-18)20-11-15-8-16(12-20)10-17(9-15)13-20/h3-7,14-17H,8-13H2,1-2H3/t14-,15?,16?,17?,20?/m0/s1. The molecule has 3 heteroatoms. The van der Waals surface area contributed by atoms with Gasteiger partial charge in [-0.25, -0.2) is 5.06 Å². The van der Waals surface area contributed by atoms with Crippen molar-refractivity contribution in [2.45, 2.75) is 51.5 Å². The highest BCUT2D eigenvalue weighted by atomic mass is 16.7. The zero-order valence-electron chi connectivity index (χ0n) is 14.2. The highest BCUT2D eigenvalue weighted by Gasteiger charge is 2.55. The maximum atomic E-state index is 12.9. The average molecular weight is 313 g/mol. The van der Waals surface area contributed by atoms with Crippen LogP contribution in [0.3, 0.4) is 0 Å². The monoisotopic (exact) mass is 313 g/mol. The van der Waals surface area contributed by atoms with Crippen LogP contribution in [0.15, 0.2) is 30.3 Å². The molecule has 0 aliphatic heterocycles. The molecular formula is C20H27NO2. The van der Waals surface area contributed by atoms with Gasteiger partial charge in [-0.05, 0) is 80.8 Å². The van der Waals surface area contributed by atoms with Gasteiger partial charge in [0.2, 0.25) is 0 Å². The highest BCUT2D eigenvalue weighted by molar-refractivity contribution is 5.93. The van der Waals surface area contributed by atoms with Crippen LogP contribution in [0.5, 0.6) is 0 Å². The fourth-order valence-corrected chi connectivity index (χ4v) is 6.06. The Bertz CT molecular complexity index is 547. The minimum atomic E-state index is -0.00338. The molecule has 4 aliphatic carbocycles. The van der Waals surface area contributed by atoms with Crippen LogP contribution in [0.25, 0.3) is 0 Å². The van der Waals surface area contributed by atoms with E-state index in [4.69, 9.17) is 4.84 Å². The third-order valence-electron chi connectivity index (χ3n) is 6.74. The molecule has 0 spiro atoms. The molecule has 0 unspecified atom stereocenters. The lowest BCUT2D eigenvalue weighted by Gasteiger charge is -2.59. The molecule has 4 bridgehead atoms. The van der Waals surface area contributed by atoms with Gasteiger partial charge in [-0.3, -0.25) is 9.63 Å². The van der Waals surface area contributed by atoms with E-state index >= 15 is 0 Å². The van der Waals surface area contributed by atoms with Crippen LogP contribution in [0.4, 0.5) is 0 Å². The van der Waals surface area contributed by atoms with Crippen LogP contribution in [-0.4, -0.2) is 24.1 Å².